The molecule has 1 saturated carbocycles. The Kier molecular flexibility index (Phi) is 2.57. The molecule has 0 radical (unpaired) electrons. The van der Waals surface area contributed by atoms with Crippen molar-refractivity contribution in [2.45, 2.75) is 46.1 Å². The minimum absolute atomic E-state index is 0.0442. The molecule has 2 heteroatoms. The van der Waals surface area contributed by atoms with E-state index in [-0.39, 0.29) is 11.7 Å². The molecule has 2 atom stereocenters. The predicted octanol–water partition coefficient (Wildman–Crippen LogP) is 1.76. The molecule has 12 heavy (non-hydrogen) atoms. The fourth-order valence-electron chi connectivity index (χ4n) is 2.09. The smallest absolute Gasteiger partial charge is 0.143 e. The first-order chi connectivity index (χ1) is 5.48. The molecule has 0 bridgehead atoms. The van der Waals surface area contributed by atoms with Gasteiger partial charge in [0, 0.05) is 5.92 Å². The Morgan fingerprint density at radius 2 is 2.17 bits per heavy atom. The Bertz CT molecular complexity index is 186. The molecule has 0 heterocycles. The fraction of sp³-hybridized carbons (Fsp3) is 0.900. The lowest BCUT2D eigenvalue weighted by molar-refractivity contribution is -0.135. The number of hydrogen-bond donors (Lipinski definition) is 1. The maximum atomic E-state index is 11.7. The van der Waals surface area contributed by atoms with Crippen LogP contribution >= 0.6 is 0 Å². The van der Waals surface area contributed by atoms with Gasteiger partial charge in [-0.1, -0.05) is 20.8 Å². The second-order valence-electron chi connectivity index (χ2n) is 4.34. The van der Waals surface area contributed by atoms with E-state index in [4.69, 9.17) is 0 Å². The SMILES string of the molecule is CC(C)C(=O)[C@]1(C)CCC[C@@H]1O. The van der Waals surface area contributed by atoms with Gasteiger partial charge in [-0.15, -0.1) is 0 Å². The van der Waals surface area contributed by atoms with Gasteiger partial charge >= 0.3 is 0 Å². The summed E-state index contributed by atoms with van der Waals surface area (Å²) in [4.78, 5) is 11.7. The van der Waals surface area contributed by atoms with Crippen molar-refractivity contribution < 1.29 is 9.90 Å². The molecule has 0 aromatic rings. The number of Topliss-reactive ketones (excluding diaryl/α,β-unsaturated/α-hetero) is 1. The summed E-state index contributed by atoms with van der Waals surface area (Å²) >= 11 is 0. The van der Waals surface area contributed by atoms with Gasteiger partial charge in [-0.05, 0) is 19.3 Å². The van der Waals surface area contributed by atoms with Crippen LogP contribution in [0.15, 0.2) is 0 Å². The predicted molar refractivity (Wildman–Crippen MR) is 47.8 cm³/mol. The Labute approximate surface area is 74.0 Å². The lowest BCUT2D eigenvalue weighted by Crippen LogP contribution is -2.37. The topological polar surface area (TPSA) is 37.3 Å². The average molecular weight is 170 g/mol. The van der Waals surface area contributed by atoms with Crippen LogP contribution in [0.25, 0.3) is 0 Å². The van der Waals surface area contributed by atoms with Crippen LogP contribution in [-0.4, -0.2) is 17.0 Å². The Hall–Kier alpha value is -0.370. The fourth-order valence-corrected chi connectivity index (χ4v) is 2.09. The van der Waals surface area contributed by atoms with Crippen molar-refractivity contribution in [3.8, 4) is 0 Å². The van der Waals surface area contributed by atoms with Gasteiger partial charge < -0.3 is 5.11 Å². The van der Waals surface area contributed by atoms with E-state index in [0.717, 1.165) is 19.3 Å². The summed E-state index contributed by atoms with van der Waals surface area (Å²) in [5.74, 6) is 0.259. The van der Waals surface area contributed by atoms with E-state index in [1.165, 1.54) is 0 Å². The van der Waals surface area contributed by atoms with E-state index in [0.29, 0.717) is 0 Å². The van der Waals surface area contributed by atoms with Crippen LogP contribution in [-0.2, 0) is 4.79 Å². The van der Waals surface area contributed by atoms with Crippen molar-refractivity contribution in [1.29, 1.82) is 0 Å². The summed E-state index contributed by atoms with van der Waals surface area (Å²) in [5, 5.41) is 9.65. The maximum absolute atomic E-state index is 11.7. The number of carbonyl (C=O) groups excluding carboxylic acids is 1. The number of hydrogen-bond acceptors (Lipinski definition) is 2. The highest BCUT2D eigenvalue weighted by atomic mass is 16.3. The molecule has 1 aliphatic carbocycles. The van der Waals surface area contributed by atoms with Crippen LogP contribution in [0, 0.1) is 11.3 Å². The number of carbonyl (C=O) groups is 1. The van der Waals surface area contributed by atoms with Gasteiger partial charge in [-0.2, -0.15) is 0 Å². The second kappa shape index (κ2) is 3.17. The Balaban J connectivity index is 2.77. The third kappa shape index (κ3) is 1.40. The van der Waals surface area contributed by atoms with Crippen molar-refractivity contribution in [3.05, 3.63) is 0 Å². The molecule has 0 unspecified atom stereocenters. The normalized spacial score (nSPS) is 35.9. The summed E-state index contributed by atoms with van der Waals surface area (Å²) in [6, 6.07) is 0. The molecule has 1 fully saturated rings. The Morgan fingerprint density at radius 3 is 2.50 bits per heavy atom. The van der Waals surface area contributed by atoms with Crippen molar-refractivity contribution in [2.75, 3.05) is 0 Å². The highest BCUT2D eigenvalue weighted by Crippen LogP contribution is 2.40. The summed E-state index contributed by atoms with van der Waals surface area (Å²) in [6.07, 6.45) is 2.21. The first kappa shape index (κ1) is 9.72. The third-order valence-corrected chi connectivity index (χ3v) is 3.00. The van der Waals surface area contributed by atoms with Crippen molar-refractivity contribution in [1.82, 2.24) is 0 Å². The summed E-state index contributed by atoms with van der Waals surface area (Å²) in [5.41, 5.74) is -0.450. The van der Waals surface area contributed by atoms with E-state index in [1.54, 1.807) is 0 Å². The van der Waals surface area contributed by atoms with Crippen molar-refractivity contribution in [2.24, 2.45) is 11.3 Å². The van der Waals surface area contributed by atoms with Gasteiger partial charge in [0.25, 0.3) is 0 Å². The van der Waals surface area contributed by atoms with E-state index in [2.05, 4.69) is 0 Å². The number of rotatable bonds is 2. The van der Waals surface area contributed by atoms with Gasteiger partial charge in [0.05, 0.1) is 11.5 Å². The van der Waals surface area contributed by atoms with Gasteiger partial charge in [0.1, 0.15) is 5.78 Å². The zero-order valence-corrected chi connectivity index (χ0v) is 8.13. The molecule has 1 N–H and O–H groups in total. The standard InChI is InChI=1S/C10H18O2/c1-7(2)9(12)10(3)6-4-5-8(10)11/h7-8,11H,4-6H2,1-3H3/t8-,10+/m0/s1. The van der Waals surface area contributed by atoms with E-state index in [9.17, 15) is 9.90 Å². The van der Waals surface area contributed by atoms with Crippen LogP contribution in [0.1, 0.15) is 40.0 Å². The van der Waals surface area contributed by atoms with Crippen molar-refractivity contribution in [3.63, 3.8) is 0 Å². The Morgan fingerprint density at radius 1 is 1.58 bits per heavy atom. The zero-order valence-electron chi connectivity index (χ0n) is 8.13. The lowest BCUT2D eigenvalue weighted by atomic mass is 9.77. The van der Waals surface area contributed by atoms with Gasteiger partial charge in [0.2, 0.25) is 0 Å². The van der Waals surface area contributed by atoms with Crippen LogP contribution in [0.5, 0.6) is 0 Å². The molecule has 0 spiro atoms. The van der Waals surface area contributed by atoms with Crippen LogP contribution in [0.2, 0.25) is 0 Å². The quantitative estimate of drug-likeness (QED) is 0.685. The molecular weight excluding hydrogens is 152 g/mol. The molecule has 0 aromatic heterocycles. The minimum atomic E-state index is -0.450. The molecule has 2 nitrogen and oxygen atoms in total. The number of aliphatic hydroxyl groups is 1. The highest BCUT2D eigenvalue weighted by Gasteiger charge is 2.44. The minimum Gasteiger partial charge on any atom is -0.392 e. The number of ketones is 1. The van der Waals surface area contributed by atoms with Crippen LogP contribution in [0.3, 0.4) is 0 Å². The molecule has 70 valence electrons. The first-order valence-electron chi connectivity index (χ1n) is 4.71. The van der Waals surface area contributed by atoms with Crippen molar-refractivity contribution >= 4 is 5.78 Å². The van der Waals surface area contributed by atoms with Crippen LogP contribution in [0.4, 0.5) is 0 Å². The molecule has 1 rings (SSSR count). The molecule has 1 aliphatic rings. The lowest BCUT2D eigenvalue weighted by Gasteiger charge is -2.28. The molecule has 0 saturated heterocycles. The van der Waals surface area contributed by atoms with Gasteiger partial charge in [0.15, 0.2) is 0 Å². The molecule has 0 aliphatic heterocycles. The summed E-state index contributed by atoms with van der Waals surface area (Å²) in [6.45, 7) is 5.70. The monoisotopic (exact) mass is 170 g/mol. The van der Waals surface area contributed by atoms with E-state index >= 15 is 0 Å². The average Bonchev–Trinajstić information content (AvgIpc) is 2.32. The highest BCUT2D eigenvalue weighted by molar-refractivity contribution is 5.87. The molecule has 0 aromatic carbocycles. The van der Waals surface area contributed by atoms with E-state index in [1.807, 2.05) is 20.8 Å². The maximum Gasteiger partial charge on any atom is 0.143 e. The first-order valence-corrected chi connectivity index (χ1v) is 4.71. The second-order valence-corrected chi connectivity index (χ2v) is 4.34. The third-order valence-electron chi connectivity index (χ3n) is 3.00. The largest absolute Gasteiger partial charge is 0.392 e. The van der Waals surface area contributed by atoms with Gasteiger partial charge in [-0.25, -0.2) is 0 Å². The molecule has 0 amide bonds. The molecular formula is C10H18O2. The summed E-state index contributed by atoms with van der Waals surface area (Å²) in [7, 11) is 0. The van der Waals surface area contributed by atoms with E-state index < -0.39 is 11.5 Å². The summed E-state index contributed by atoms with van der Waals surface area (Å²) < 4.78 is 0. The van der Waals surface area contributed by atoms with Crippen LogP contribution < -0.4 is 0 Å². The van der Waals surface area contributed by atoms with Gasteiger partial charge in [-0.3, -0.25) is 4.79 Å². The number of aliphatic hydroxyl groups excluding tert-OH is 1. The zero-order chi connectivity index (χ0) is 9.35.